The maximum Gasteiger partial charge on any atom is 0.333 e. The molecule has 0 amide bonds. The minimum atomic E-state index is -1.27. The van der Waals surface area contributed by atoms with Crippen LogP contribution in [0.4, 0.5) is 11.5 Å². The van der Waals surface area contributed by atoms with Gasteiger partial charge in [0.2, 0.25) is 5.82 Å². The average molecular weight is 298 g/mol. The Hall–Kier alpha value is -2.12. The van der Waals surface area contributed by atoms with Gasteiger partial charge in [0.1, 0.15) is 11.2 Å². The highest BCUT2D eigenvalue weighted by Gasteiger charge is 2.40. The molecule has 21 heavy (non-hydrogen) atoms. The summed E-state index contributed by atoms with van der Waals surface area (Å²) in [6, 6.07) is 0. The van der Waals surface area contributed by atoms with Gasteiger partial charge in [-0.1, -0.05) is 6.92 Å². The second-order valence-electron chi connectivity index (χ2n) is 5.35. The topological polar surface area (TPSA) is 101 Å². The summed E-state index contributed by atoms with van der Waals surface area (Å²) in [6.07, 6.45) is 0.746. The molecule has 1 heterocycles. The largest absolute Gasteiger partial charge is 0.480 e. The van der Waals surface area contributed by atoms with Crippen LogP contribution in [0.15, 0.2) is 0 Å². The van der Waals surface area contributed by atoms with E-state index >= 15 is 0 Å². The van der Waals surface area contributed by atoms with E-state index < -0.39 is 16.4 Å². The van der Waals surface area contributed by atoms with E-state index in [9.17, 15) is 20.0 Å². The number of hydrogen-bond donors (Lipinski definition) is 1. The van der Waals surface area contributed by atoms with Gasteiger partial charge in [0.15, 0.2) is 0 Å². The predicted octanol–water partition coefficient (Wildman–Crippen LogP) is 2.20. The number of carboxylic acids is 1. The van der Waals surface area contributed by atoms with Gasteiger partial charge < -0.3 is 10.0 Å². The molecule has 0 aliphatic carbocycles. The molecule has 0 atom stereocenters. The van der Waals surface area contributed by atoms with E-state index in [1.807, 2.05) is 6.92 Å². The monoisotopic (exact) mass is 298 g/mol. The van der Waals surface area contributed by atoms with Gasteiger partial charge in [-0.25, -0.2) is 9.48 Å². The molecule has 1 aromatic rings. The number of anilines is 1. The van der Waals surface area contributed by atoms with Gasteiger partial charge >= 0.3 is 11.7 Å². The SMILES string of the molecule is CCCn1nc(C)c([N+](=O)[O-])c1N(CC)C(C)(C)C(=O)O. The van der Waals surface area contributed by atoms with Gasteiger partial charge in [-0.05, 0) is 34.1 Å². The third kappa shape index (κ3) is 2.98. The normalized spacial score (nSPS) is 11.5. The fraction of sp³-hybridized carbons (Fsp3) is 0.692. The summed E-state index contributed by atoms with van der Waals surface area (Å²) < 4.78 is 1.53. The second kappa shape index (κ2) is 6.11. The summed E-state index contributed by atoms with van der Waals surface area (Å²) in [5.74, 6) is -0.783. The summed E-state index contributed by atoms with van der Waals surface area (Å²) in [5.41, 5.74) is -1.10. The standard InChI is InChI=1S/C13H22N4O4/c1-6-8-16-11(10(17(20)21)9(3)14-16)15(7-2)13(4,5)12(18)19/h6-8H2,1-5H3,(H,18,19). The Morgan fingerprint density at radius 1 is 1.48 bits per heavy atom. The van der Waals surface area contributed by atoms with Crippen molar-refractivity contribution in [3.05, 3.63) is 15.8 Å². The van der Waals surface area contributed by atoms with Gasteiger partial charge in [0.25, 0.3) is 0 Å². The minimum absolute atomic E-state index is 0.125. The number of nitrogens with zero attached hydrogens (tertiary/aromatic N) is 4. The van der Waals surface area contributed by atoms with Crippen molar-refractivity contribution in [2.75, 3.05) is 11.4 Å². The van der Waals surface area contributed by atoms with Crippen LogP contribution in [0.25, 0.3) is 0 Å². The van der Waals surface area contributed by atoms with Crippen LogP contribution in [-0.4, -0.2) is 37.9 Å². The zero-order chi connectivity index (χ0) is 16.4. The van der Waals surface area contributed by atoms with Crippen LogP contribution in [0.2, 0.25) is 0 Å². The van der Waals surface area contributed by atoms with Crippen molar-refractivity contribution in [1.82, 2.24) is 9.78 Å². The van der Waals surface area contributed by atoms with E-state index in [-0.39, 0.29) is 11.5 Å². The summed E-state index contributed by atoms with van der Waals surface area (Å²) in [5, 5.41) is 25.0. The number of aromatic nitrogens is 2. The van der Waals surface area contributed by atoms with Crippen molar-refractivity contribution >= 4 is 17.5 Å². The van der Waals surface area contributed by atoms with E-state index in [0.717, 1.165) is 6.42 Å². The first-order chi connectivity index (χ1) is 9.68. The van der Waals surface area contributed by atoms with E-state index in [4.69, 9.17) is 0 Å². The van der Waals surface area contributed by atoms with E-state index in [0.29, 0.717) is 18.8 Å². The van der Waals surface area contributed by atoms with Crippen molar-refractivity contribution in [2.24, 2.45) is 0 Å². The lowest BCUT2D eigenvalue weighted by Crippen LogP contribution is -2.51. The lowest BCUT2D eigenvalue weighted by atomic mass is 10.0. The molecule has 8 heteroatoms. The summed E-state index contributed by atoms with van der Waals surface area (Å²) in [7, 11) is 0. The first-order valence-corrected chi connectivity index (χ1v) is 6.91. The highest BCUT2D eigenvalue weighted by molar-refractivity contribution is 5.83. The number of hydrogen-bond acceptors (Lipinski definition) is 5. The summed E-state index contributed by atoms with van der Waals surface area (Å²) >= 11 is 0. The molecule has 0 bridgehead atoms. The van der Waals surface area contributed by atoms with Crippen molar-refractivity contribution < 1.29 is 14.8 Å². The molecule has 0 aliphatic heterocycles. The Morgan fingerprint density at radius 2 is 2.05 bits per heavy atom. The molecule has 0 radical (unpaired) electrons. The number of carbonyl (C=O) groups is 1. The Bertz CT molecular complexity index is 551. The fourth-order valence-electron chi connectivity index (χ4n) is 2.33. The van der Waals surface area contributed by atoms with Crippen LogP contribution >= 0.6 is 0 Å². The highest BCUT2D eigenvalue weighted by Crippen LogP contribution is 2.35. The molecule has 0 unspecified atom stereocenters. The van der Waals surface area contributed by atoms with Crippen molar-refractivity contribution in [3.8, 4) is 0 Å². The molecule has 0 aliphatic rings. The number of rotatable bonds is 7. The number of aryl methyl sites for hydroxylation is 2. The molecule has 0 fully saturated rings. The van der Waals surface area contributed by atoms with E-state index in [2.05, 4.69) is 5.10 Å². The summed E-state index contributed by atoms with van der Waals surface area (Å²) in [4.78, 5) is 23.9. The molecule has 118 valence electrons. The van der Waals surface area contributed by atoms with Crippen LogP contribution in [-0.2, 0) is 11.3 Å². The molecule has 1 rings (SSSR count). The number of aliphatic carboxylic acids is 1. The minimum Gasteiger partial charge on any atom is -0.480 e. The number of likely N-dealkylation sites (N-methyl/N-ethyl adjacent to an activating group) is 1. The van der Waals surface area contributed by atoms with Gasteiger partial charge in [-0.15, -0.1) is 0 Å². The van der Waals surface area contributed by atoms with Gasteiger partial charge in [0, 0.05) is 13.1 Å². The smallest absolute Gasteiger partial charge is 0.333 e. The third-order valence-corrected chi connectivity index (χ3v) is 3.46. The van der Waals surface area contributed by atoms with Crippen LogP contribution < -0.4 is 4.90 Å². The van der Waals surface area contributed by atoms with Crippen molar-refractivity contribution in [3.63, 3.8) is 0 Å². The maximum atomic E-state index is 11.5. The van der Waals surface area contributed by atoms with E-state index in [1.54, 1.807) is 13.8 Å². The molecular formula is C13H22N4O4. The third-order valence-electron chi connectivity index (χ3n) is 3.46. The van der Waals surface area contributed by atoms with Crippen LogP contribution in [0.5, 0.6) is 0 Å². The van der Waals surface area contributed by atoms with Gasteiger partial charge in [0.05, 0.1) is 4.92 Å². The van der Waals surface area contributed by atoms with Crippen molar-refractivity contribution in [1.29, 1.82) is 0 Å². The zero-order valence-corrected chi connectivity index (χ0v) is 13.1. The fourth-order valence-corrected chi connectivity index (χ4v) is 2.33. The molecule has 0 saturated carbocycles. The molecule has 8 nitrogen and oxygen atoms in total. The Balaban J connectivity index is 3.56. The zero-order valence-electron chi connectivity index (χ0n) is 13.1. The number of nitro groups is 1. The van der Waals surface area contributed by atoms with Crippen molar-refractivity contribution in [2.45, 2.75) is 53.1 Å². The lowest BCUT2D eigenvalue weighted by molar-refractivity contribution is -0.384. The Kier molecular flexibility index (Phi) is 4.93. The average Bonchev–Trinajstić information content (AvgIpc) is 2.67. The summed E-state index contributed by atoms with van der Waals surface area (Å²) in [6.45, 7) is 9.15. The highest BCUT2D eigenvalue weighted by atomic mass is 16.6. The van der Waals surface area contributed by atoms with Gasteiger partial charge in [-0.3, -0.25) is 10.1 Å². The van der Waals surface area contributed by atoms with Crippen LogP contribution in [0, 0.1) is 17.0 Å². The lowest BCUT2D eigenvalue weighted by Gasteiger charge is -2.35. The first kappa shape index (κ1) is 16.9. The van der Waals surface area contributed by atoms with Gasteiger partial charge in [-0.2, -0.15) is 5.10 Å². The second-order valence-corrected chi connectivity index (χ2v) is 5.35. The van der Waals surface area contributed by atoms with E-state index in [1.165, 1.54) is 23.4 Å². The molecule has 0 aromatic carbocycles. The maximum absolute atomic E-state index is 11.5. The predicted molar refractivity (Wildman–Crippen MR) is 78.6 cm³/mol. The molecule has 0 saturated heterocycles. The molecule has 1 aromatic heterocycles. The van der Waals surface area contributed by atoms with Crippen LogP contribution in [0.3, 0.4) is 0 Å². The molecular weight excluding hydrogens is 276 g/mol. The molecule has 1 N–H and O–H groups in total. The number of carboxylic acid groups (broad SMARTS) is 1. The van der Waals surface area contributed by atoms with Crippen LogP contribution in [0.1, 0.15) is 39.8 Å². The molecule has 0 spiro atoms. The first-order valence-electron chi connectivity index (χ1n) is 6.91. The Labute approximate surface area is 123 Å². The quantitative estimate of drug-likeness (QED) is 0.611. The Morgan fingerprint density at radius 3 is 2.43 bits per heavy atom.